The Morgan fingerprint density at radius 3 is 2.43 bits per heavy atom. The molecule has 2 aromatic rings. The number of halogens is 1. The lowest BCUT2D eigenvalue weighted by atomic mass is 10.2. The predicted molar refractivity (Wildman–Crippen MR) is 88.1 cm³/mol. The van der Waals surface area contributed by atoms with Crippen LogP contribution in [0.3, 0.4) is 0 Å². The van der Waals surface area contributed by atoms with Gasteiger partial charge in [0, 0.05) is 22.7 Å². The van der Waals surface area contributed by atoms with E-state index in [9.17, 15) is 4.39 Å². The van der Waals surface area contributed by atoms with Crippen LogP contribution < -0.4 is 15.8 Å². The molecule has 0 atom stereocenters. The summed E-state index contributed by atoms with van der Waals surface area (Å²) in [5.41, 5.74) is 7.73. The fourth-order valence-electron chi connectivity index (χ4n) is 1.85. The molecule has 0 aliphatic carbocycles. The van der Waals surface area contributed by atoms with Crippen LogP contribution in [-0.4, -0.2) is 12.4 Å². The molecule has 3 nitrogen and oxygen atoms in total. The lowest BCUT2D eigenvalue weighted by Crippen LogP contribution is -2.08. The number of ether oxygens (including phenoxy) is 1. The van der Waals surface area contributed by atoms with Gasteiger partial charge >= 0.3 is 0 Å². The Balaban J connectivity index is 2.25. The van der Waals surface area contributed by atoms with E-state index in [1.165, 1.54) is 11.0 Å². The molecule has 112 valence electrons. The zero-order valence-electron chi connectivity index (χ0n) is 12.3. The minimum absolute atomic E-state index is 0.100. The van der Waals surface area contributed by atoms with Gasteiger partial charge in [-0.1, -0.05) is 0 Å². The van der Waals surface area contributed by atoms with Crippen molar-refractivity contribution in [2.24, 2.45) is 0 Å². The van der Waals surface area contributed by atoms with Gasteiger partial charge in [-0.2, -0.15) is 0 Å². The third-order valence-electron chi connectivity index (χ3n) is 2.84. The summed E-state index contributed by atoms with van der Waals surface area (Å²) in [5.74, 6) is -0.257. The number of thioether (sulfide) groups is 1. The number of nitrogens with one attached hydrogen (secondary N) is 1. The van der Waals surface area contributed by atoms with Crippen molar-refractivity contribution in [3.8, 4) is 5.75 Å². The van der Waals surface area contributed by atoms with Crippen molar-refractivity contribution < 1.29 is 9.13 Å². The molecule has 2 aromatic carbocycles. The Morgan fingerprint density at radius 2 is 1.86 bits per heavy atom. The molecule has 0 aliphatic rings. The molecule has 0 amide bonds. The molecule has 0 aromatic heterocycles. The van der Waals surface area contributed by atoms with Crippen molar-refractivity contribution in [3.05, 3.63) is 42.2 Å². The van der Waals surface area contributed by atoms with Crippen LogP contribution in [0.4, 0.5) is 21.5 Å². The predicted octanol–water partition coefficient (Wildman–Crippen LogP) is 4.66. The van der Waals surface area contributed by atoms with Crippen molar-refractivity contribution in [2.45, 2.75) is 24.8 Å². The molecular formula is C16H19FN2OS. The number of nitrogen functional groups attached to an aromatic ring is 1. The molecule has 0 bridgehead atoms. The highest BCUT2D eigenvalue weighted by molar-refractivity contribution is 7.98. The molecule has 0 fully saturated rings. The Morgan fingerprint density at radius 1 is 1.19 bits per heavy atom. The Labute approximate surface area is 128 Å². The number of rotatable bonds is 5. The van der Waals surface area contributed by atoms with Crippen LogP contribution in [0.15, 0.2) is 41.3 Å². The van der Waals surface area contributed by atoms with E-state index in [1.54, 1.807) is 17.8 Å². The van der Waals surface area contributed by atoms with Gasteiger partial charge in [0.05, 0.1) is 17.5 Å². The minimum atomic E-state index is -0.454. The van der Waals surface area contributed by atoms with Crippen LogP contribution in [0.2, 0.25) is 0 Å². The average molecular weight is 306 g/mol. The monoisotopic (exact) mass is 306 g/mol. The summed E-state index contributed by atoms with van der Waals surface area (Å²) in [5, 5.41) is 3.18. The first-order valence-electron chi connectivity index (χ1n) is 6.66. The zero-order valence-corrected chi connectivity index (χ0v) is 13.1. The lowest BCUT2D eigenvalue weighted by Gasteiger charge is -2.15. The van der Waals surface area contributed by atoms with E-state index in [-0.39, 0.29) is 11.9 Å². The molecule has 21 heavy (non-hydrogen) atoms. The van der Waals surface area contributed by atoms with E-state index in [0.29, 0.717) is 11.4 Å². The Hall–Kier alpha value is -1.88. The van der Waals surface area contributed by atoms with Crippen molar-refractivity contribution in [3.63, 3.8) is 0 Å². The van der Waals surface area contributed by atoms with Crippen molar-refractivity contribution in [1.29, 1.82) is 0 Å². The van der Waals surface area contributed by atoms with Crippen LogP contribution in [-0.2, 0) is 0 Å². The molecule has 0 aliphatic heterocycles. The smallest absolute Gasteiger partial charge is 0.167 e. The van der Waals surface area contributed by atoms with Crippen LogP contribution >= 0.6 is 11.8 Å². The largest absolute Gasteiger partial charge is 0.488 e. The molecule has 0 unspecified atom stereocenters. The van der Waals surface area contributed by atoms with Gasteiger partial charge < -0.3 is 15.8 Å². The van der Waals surface area contributed by atoms with Crippen LogP contribution in [0.25, 0.3) is 0 Å². The zero-order chi connectivity index (χ0) is 15.4. The van der Waals surface area contributed by atoms with Crippen molar-refractivity contribution >= 4 is 28.8 Å². The molecule has 5 heteroatoms. The number of hydrogen-bond donors (Lipinski definition) is 2. The second-order valence-electron chi connectivity index (χ2n) is 4.89. The standard InChI is InChI=1S/C16H19FN2OS/c1-10(2)20-16-9-15(14(18)8-13(16)17)19-11-4-6-12(21-3)7-5-11/h4-10,19H,18H2,1-3H3. The fourth-order valence-corrected chi connectivity index (χ4v) is 2.26. The normalized spacial score (nSPS) is 10.7. The first-order valence-corrected chi connectivity index (χ1v) is 7.89. The maximum atomic E-state index is 13.8. The lowest BCUT2D eigenvalue weighted by molar-refractivity contribution is 0.231. The van der Waals surface area contributed by atoms with Crippen LogP contribution in [0, 0.1) is 5.82 Å². The van der Waals surface area contributed by atoms with Gasteiger partial charge in [0.15, 0.2) is 11.6 Å². The summed E-state index contributed by atoms with van der Waals surface area (Å²) in [4.78, 5) is 1.18. The third-order valence-corrected chi connectivity index (χ3v) is 3.58. The Bertz CT molecular complexity index is 614. The molecule has 3 N–H and O–H groups in total. The fraction of sp³-hybridized carbons (Fsp3) is 0.250. The van der Waals surface area contributed by atoms with Crippen LogP contribution in [0.1, 0.15) is 13.8 Å². The molecule has 0 heterocycles. The number of anilines is 3. The number of benzene rings is 2. The van der Waals surface area contributed by atoms with Crippen LogP contribution in [0.5, 0.6) is 5.75 Å². The molecule has 2 rings (SSSR count). The topological polar surface area (TPSA) is 47.3 Å². The Kier molecular flexibility index (Phi) is 4.96. The first-order chi connectivity index (χ1) is 9.99. The number of nitrogens with two attached hydrogens (primary N) is 1. The average Bonchev–Trinajstić information content (AvgIpc) is 2.44. The van der Waals surface area contributed by atoms with Gasteiger partial charge in [0.25, 0.3) is 0 Å². The third kappa shape index (κ3) is 4.04. The highest BCUT2D eigenvalue weighted by Gasteiger charge is 2.11. The maximum absolute atomic E-state index is 13.8. The second kappa shape index (κ2) is 6.72. The highest BCUT2D eigenvalue weighted by atomic mass is 32.2. The quantitative estimate of drug-likeness (QED) is 0.623. The van der Waals surface area contributed by atoms with Gasteiger partial charge in [-0.3, -0.25) is 0 Å². The summed E-state index contributed by atoms with van der Waals surface area (Å²) < 4.78 is 19.2. The van der Waals surface area contributed by atoms with Gasteiger partial charge in [-0.05, 0) is 44.4 Å². The van der Waals surface area contributed by atoms with Gasteiger partial charge in [-0.15, -0.1) is 11.8 Å². The van der Waals surface area contributed by atoms with E-state index in [4.69, 9.17) is 10.5 Å². The van der Waals surface area contributed by atoms with Crippen molar-refractivity contribution in [2.75, 3.05) is 17.3 Å². The number of hydrogen-bond acceptors (Lipinski definition) is 4. The van der Waals surface area contributed by atoms with Gasteiger partial charge in [0.1, 0.15) is 0 Å². The van der Waals surface area contributed by atoms with Gasteiger partial charge in [0.2, 0.25) is 0 Å². The SMILES string of the molecule is CSc1ccc(Nc2cc(OC(C)C)c(F)cc2N)cc1. The van der Waals surface area contributed by atoms with E-state index >= 15 is 0 Å². The second-order valence-corrected chi connectivity index (χ2v) is 5.77. The summed E-state index contributed by atoms with van der Waals surface area (Å²) in [7, 11) is 0. The van der Waals surface area contributed by atoms with E-state index in [2.05, 4.69) is 5.32 Å². The first kappa shape index (κ1) is 15.5. The van der Waals surface area contributed by atoms with E-state index in [1.807, 2.05) is 44.4 Å². The van der Waals surface area contributed by atoms with E-state index < -0.39 is 5.82 Å². The minimum Gasteiger partial charge on any atom is -0.488 e. The molecule has 0 spiro atoms. The van der Waals surface area contributed by atoms with Gasteiger partial charge in [-0.25, -0.2) is 4.39 Å². The van der Waals surface area contributed by atoms with E-state index in [0.717, 1.165) is 5.69 Å². The summed E-state index contributed by atoms with van der Waals surface area (Å²) in [6.07, 6.45) is 1.92. The highest BCUT2D eigenvalue weighted by Crippen LogP contribution is 2.31. The summed E-state index contributed by atoms with van der Waals surface area (Å²) in [6.45, 7) is 3.70. The summed E-state index contributed by atoms with van der Waals surface area (Å²) in [6, 6.07) is 10.8. The molecule has 0 saturated heterocycles. The maximum Gasteiger partial charge on any atom is 0.167 e. The molecule has 0 saturated carbocycles. The molecular weight excluding hydrogens is 287 g/mol. The van der Waals surface area contributed by atoms with Crippen molar-refractivity contribution in [1.82, 2.24) is 0 Å². The molecule has 0 radical (unpaired) electrons. The summed E-state index contributed by atoms with van der Waals surface area (Å²) >= 11 is 1.68.